The third-order valence-corrected chi connectivity index (χ3v) is 10.1. The molecular weight excluding hydrogens is 570 g/mol. The predicted molar refractivity (Wildman–Crippen MR) is 176 cm³/mol. The number of fused-ring (bicyclic) bond motifs is 1. The van der Waals surface area contributed by atoms with E-state index in [1.165, 1.54) is 12.8 Å². The minimum absolute atomic E-state index is 0.00151. The van der Waals surface area contributed by atoms with E-state index in [0.717, 1.165) is 70.6 Å². The van der Waals surface area contributed by atoms with Crippen LogP contribution in [0.15, 0.2) is 18.2 Å². The van der Waals surface area contributed by atoms with Crippen molar-refractivity contribution in [2.75, 3.05) is 38.7 Å². The Morgan fingerprint density at radius 3 is 2.29 bits per heavy atom. The Labute approximate surface area is 270 Å². The summed E-state index contributed by atoms with van der Waals surface area (Å²) in [5.74, 6) is 0.366. The van der Waals surface area contributed by atoms with Gasteiger partial charge in [-0.3, -0.25) is 14.4 Å². The average molecular weight is 628 g/mol. The lowest BCUT2D eigenvalue weighted by Gasteiger charge is -2.36. The molecule has 1 aromatic rings. The second kappa shape index (κ2) is 17.3. The number of amides is 3. The van der Waals surface area contributed by atoms with Crippen LogP contribution in [0.25, 0.3) is 0 Å². The van der Waals surface area contributed by atoms with Gasteiger partial charge in [0.15, 0.2) is 0 Å². The van der Waals surface area contributed by atoms with Gasteiger partial charge in [0.05, 0.1) is 30.4 Å². The average Bonchev–Trinajstić information content (AvgIpc) is 3.06. The van der Waals surface area contributed by atoms with Gasteiger partial charge in [-0.2, -0.15) is 0 Å². The second-order valence-corrected chi connectivity index (χ2v) is 13.9. The molecule has 2 N–H and O–H groups in total. The second-order valence-electron chi connectivity index (χ2n) is 13.9. The minimum Gasteiger partial charge on any atom is -0.490 e. The molecule has 2 saturated carbocycles. The molecule has 2 fully saturated rings. The molecule has 0 aromatic heterocycles. The van der Waals surface area contributed by atoms with E-state index >= 15 is 0 Å². The molecule has 4 atom stereocenters. The number of benzene rings is 1. The summed E-state index contributed by atoms with van der Waals surface area (Å²) in [6.07, 6.45) is 12.6. The molecule has 45 heavy (non-hydrogen) atoms. The molecule has 9 heteroatoms. The highest BCUT2D eigenvalue weighted by Crippen LogP contribution is 2.31. The van der Waals surface area contributed by atoms with Crippen molar-refractivity contribution in [2.24, 2.45) is 17.8 Å². The Hall–Kier alpha value is -2.65. The van der Waals surface area contributed by atoms with E-state index in [1.807, 2.05) is 31.9 Å². The summed E-state index contributed by atoms with van der Waals surface area (Å²) in [5, 5.41) is 13.3. The molecule has 0 radical (unpaired) electrons. The van der Waals surface area contributed by atoms with Gasteiger partial charge in [-0.25, -0.2) is 0 Å². The minimum atomic E-state index is -0.458. The van der Waals surface area contributed by atoms with Crippen molar-refractivity contribution in [3.63, 3.8) is 0 Å². The summed E-state index contributed by atoms with van der Waals surface area (Å²) < 4.78 is 12.8. The normalized spacial score (nSPS) is 25.4. The van der Waals surface area contributed by atoms with Crippen molar-refractivity contribution < 1.29 is 29.0 Å². The number of anilines is 1. The van der Waals surface area contributed by atoms with Crippen molar-refractivity contribution in [3.05, 3.63) is 23.8 Å². The van der Waals surface area contributed by atoms with E-state index in [-0.39, 0.29) is 54.3 Å². The Bertz CT molecular complexity index is 1120. The number of likely N-dealkylation sites (N-methyl/N-ethyl adjacent to an activating group) is 1. The van der Waals surface area contributed by atoms with Gasteiger partial charge in [-0.05, 0) is 77.0 Å². The highest BCUT2D eigenvalue weighted by atomic mass is 16.5. The van der Waals surface area contributed by atoms with Gasteiger partial charge in [0.2, 0.25) is 11.8 Å². The Morgan fingerprint density at radius 1 is 0.978 bits per heavy atom. The van der Waals surface area contributed by atoms with Crippen LogP contribution in [0.2, 0.25) is 0 Å². The van der Waals surface area contributed by atoms with E-state index < -0.39 is 6.04 Å². The Morgan fingerprint density at radius 2 is 1.62 bits per heavy atom. The number of nitrogens with one attached hydrogen (secondary N) is 1. The molecule has 0 unspecified atom stereocenters. The molecule has 252 valence electrons. The third kappa shape index (κ3) is 9.92. The Balaban J connectivity index is 1.58. The zero-order chi connectivity index (χ0) is 32.3. The summed E-state index contributed by atoms with van der Waals surface area (Å²) in [6, 6.07) is 4.87. The van der Waals surface area contributed by atoms with Crippen LogP contribution in [0.1, 0.15) is 115 Å². The zero-order valence-electron chi connectivity index (χ0n) is 28.1. The molecule has 1 aromatic carbocycles. The smallest absolute Gasteiger partial charge is 0.258 e. The summed E-state index contributed by atoms with van der Waals surface area (Å²) in [6.45, 7) is 7.06. The van der Waals surface area contributed by atoms with E-state index in [4.69, 9.17) is 9.47 Å². The fraction of sp³-hybridized carbons (Fsp3) is 0.750. The van der Waals surface area contributed by atoms with Crippen LogP contribution < -0.4 is 10.1 Å². The van der Waals surface area contributed by atoms with Crippen LogP contribution in [0.4, 0.5) is 5.69 Å². The molecule has 9 nitrogen and oxygen atoms in total. The van der Waals surface area contributed by atoms with Crippen molar-refractivity contribution in [1.82, 2.24) is 9.80 Å². The van der Waals surface area contributed by atoms with Crippen LogP contribution in [0, 0.1) is 17.8 Å². The van der Waals surface area contributed by atoms with Crippen LogP contribution >= 0.6 is 0 Å². The predicted octanol–water partition coefficient (Wildman–Crippen LogP) is 6.04. The quantitative estimate of drug-likeness (QED) is 0.382. The highest BCUT2D eigenvalue weighted by molar-refractivity contribution is 6.00. The van der Waals surface area contributed by atoms with Gasteiger partial charge >= 0.3 is 0 Å². The summed E-state index contributed by atoms with van der Waals surface area (Å²) in [7, 11) is 1.87. The van der Waals surface area contributed by atoms with E-state index in [1.54, 1.807) is 17.0 Å². The van der Waals surface area contributed by atoms with Crippen molar-refractivity contribution in [2.45, 2.75) is 122 Å². The first kappa shape index (κ1) is 35.2. The SMILES string of the molecule is C[C@@H]1CCCCO[C@H](CN(C)C(=O)C2CCCCC2)[C@@H](C)CN([C@@H](C)CO)C(=O)c2cc(NC(=O)C3CCCCC3)ccc2O1. The molecule has 4 rings (SSSR count). The summed E-state index contributed by atoms with van der Waals surface area (Å²) in [5.41, 5.74) is 0.943. The fourth-order valence-electron chi connectivity index (χ4n) is 7.09. The molecule has 2 aliphatic carbocycles. The Kier molecular flexibility index (Phi) is 13.5. The number of carbonyl (C=O) groups excluding carboxylic acids is 3. The van der Waals surface area contributed by atoms with Crippen LogP contribution in [0.3, 0.4) is 0 Å². The molecule has 1 heterocycles. The number of rotatable bonds is 7. The highest BCUT2D eigenvalue weighted by Gasteiger charge is 2.32. The number of hydrogen-bond donors (Lipinski definition) is 2. The van der Waals surface area contributed by atoms with Crippen molar-refractivity contribution in [3.8, 4) is 5.75 Å². The number of aliphatic hydroxyl groups is 1. The van der Waals surface area contributed by atoms with E-state index in [2.05, 4.69) is 12.2 Å². The first-order chi connectivity index (χ1) is 21.7. The van der Waals surface area contributed by atoms with Gasteiger partial charge in [-0.15, -0.1) is 0 Å². The van der Waals surface area contributed by atoms with Gasteiger partial charge in [0.25, 0.3) is 5.91 Å². The molecule has 1 aliphatic heterocycles. The maximum atomic E-state index is 14.4. The lowest BCUT2D eigenvalue weighted by molar-refractivity contribution is -0.138. The van der Waals surface area contributed by atoms with Crippen molar-refractivity contribution >= 4 is 23.4 Å². The van der Waals surface area contributed by atoms with Gasteiger partial charge in [-0.1, -0.05) is 45.4 Å². The summed E-state index contributed by atoms with van der Waals surface area (Å²) in [4.78, 5) is 44.3. The van der Waals surface area contributed by atoms with Crippen LogP contribution in [0.5, 0.6) is 5.75 Å². The molecule has 3 aliphatic rings. The number of carbonyl (C=O) groups is 3. The van der Waals surface area contributed by atoms with E-state index in [9.17, 15) is 19.5 Å². The molecule has 3 amide bonds. The monoisotopic (exact) mass is 627 g/mol. The third-order valence-electron chi connectivity index (χ3n) is 10.1. The number of ether oxygens (including phenoxy) is 2. The standard InChI is InChI=1S/C36H57N3O6/c1-25-22-39(26(2)24-40)36(43)31-21-30(37-34(41)28-14-7-5-8-15-28)18-19-32(31)45-27(3)13-11-12-20-44-33(25)23-38(4)35(42)29-16-9-6-10-17-29/h18-19,21,25-29,33,40H,5-17,20,22-24H2,1-4H3,(H,37,41)/t25-,26-,27+,33+/m0/s1. The number of nitrogens with zero attached hydrogens (tertiary/aromatic N) is 2. The molecule has 0 saturated heterocycles. The number of hydrogen-bond acceptors (Lipinski definition) is 6. The number of aliphatic hydroxyl groups excluding tert-OH is 1. The fourth-order valence-corrected chi connectivity index (χ4v) is 7.09. The molecule has 0 bridgehead atoms. The molecular formula is C36H57N3O6. The van der Waals surface area contributed by atoms with Crippen molar-refractivity contribution in [1.29, 1.82) is 0 Å². The van der Waals surface area contributed by atoms with Crippen LogP contribution in [-0.4, -0.2) is 84.2 Å². The maximum absolute atomic E-state index is 14.4. The first-order valence-corrected chi connectivity index (χ1v) is 17.6. The van der Waals surface area contributed by atoms with Gasteiger partial charge in [0.1, 0.15) is 5.75 Å². The molecule has 0 spiro atoms. The van der Waals surface area contributed by atoms with Gasteiger partial charge in [0, 0.05) is 50.2 Å². The summed E-state index contributed by atoms with van der Waals surface area (Å²) >= 11 is 0. The zero-order valence-corrected chi connectivity index (χ0v) is 28.1. The van der Waals surface area contributed by atoms with Gasteiger partial charge < -0.3 is 29.7 Å². The maximum Gasteiger partial charge on any atom is 0.258 e. The topological polar surface area (TPSA) is 108 Å². The van der Waals surface area contributed by atoms with Crippen LogP contribution in [-0.2, 0) is 14.3 Å². The lowest BCUT2D eigenvalue weighted by atomic mass is 9.88. The largest absolute Gasteiger partial charge is 0.490 e. The first-order valence-electron chi connectivity index (χ1n) is 17.6. The lowest BCUT2D eigenvalue weighted by Crippen LogP contribution is -2.48. The van der Waals surface area contributed by atoms with E-state index in [0.29, 0.717) is 36.7 Å².